The highest BCUT2D eigenvalue weighted by Gasteiger charge is 2.20. The summed E-state index contributed by atoms with van der Waals surface area (Å²) in [5.74, 6) is 2.15. The van der Waals surface area contributed by atoms with Gasteiger partial charge in [-0.3, -0.25) is 0 Å². The molecule has 3 aromatic rings. The third-order valence-corrected chi connectivity index (χ3v) is 3.74. The molecule has 0 unspecified atom stereocenters. The second-order valence-corrected chi connectivity index (χ2v) is 5.45. The number of para-hydroxylation sites is 1. The molecule has 0 bridgehead atoms. The van der Waals surface area contributed by atoms with Crippen molar-refractivity contribution in [3.63, 3.8) is 0 Å². The maximum atomic E-state index is 5.99. The molecule has 23 heavy (non-hydrogen) atoms. The van der Waals surface area contributed by atoms with Crippen LogP contribution in [0.3, 0.4) is 0 Å². The number of hydrogen-bond acceptors (Lipinski definition) is 1. The Kier molecular flexibility index (Phi) is 5.10. The molecule has 0 saturated heterocycles. The van der Waals surface area contributed by atoms with Crippen LogP contribution in [0.4, 0.5) is 0 Å². The maximum Gasteiger partial charge on any atom is 0.123 e. The molecule has 115 valence electrons. The zero-order valence-electron chi connectivity index (χ0n) is 13.4. The van der Waals surface area contributed by atoms with E-state index in [0.717, 1.165) is 24.3 Å². The zero-order valence-corrected chi connectivity index (χ0v) is 13.4. The highest BCUT2D eigenvalue weighted by molar-refractivity contribution is 5.61. The third-order valence-electron chi connectivity index (χ3n) is 3.74. The van der Waals surface area contributed by atoms with E-state index in [0.29, 0.717) is 0 Å². The second kappa shape index (κ2) is 7.64. The standard InChI is InChI=1S/C22H21O/c1-2-17-23-21-16-10-9-15-20(21)22(18-11-5-3-6-12-18)19-13-7-4-8-14-19/h3-16H,2,17H2,1H3. The van der Waals surface area contributed by atoms with Crippen molar-refractivity contribution in [2.24, 2.45) is 0 Å². The van der Waals surface area contributed by atoms with Crippen molar-refractivity contribution in [1.29, 1.82) is 0 Å². The molecule has 0 spiro atoms. The molecule has 0 heterocycles. The van der Waals surface area contributed by atoms with Gasteiger partial charge in [0.2, 0.25) is 0 Å². The Hall–Kier alpha value is -2.54. The lowest BCUT2D eigenvalue weighted by molar-refractivity contribution is 0.315. The predicted molar refractivity (Wildman–Crippen MR) is 95.7 cm³/mol. The molecule has 0 amide bonds. The van der Waals surface area contributed by atoms with Crippen LogP contribution in [0.1, 0.15) is 30.0 Å². The first kappa shape index (κ1) is 15.4. The van der Waals surface area contributed by atoms with Crippen molar-refractivity contribution in [2.75, 3.05) is 6.61 Å². The van der Waals surface area contributed by atoms with Crippen LogP contribution in [-0.2, 0) is 0 Å². The number of rotatable bonds is 6. The fourth-order valence-electron chi connectivity index (χ4n) is 2.70. The molecule has 0 aliphatic heterocycles. The quantitative estimate of drug-likeness (QED) is 0.547. The predicted octanol–water partition coefficient (Wildman–Crippen LogP) is 5.49. The molecule has 3 aromatic carbocycles. The second-order valence-electron chi connectivity index (χ2n) is 5.45. The van der Waals surface area contributed by atoms with Crippen LogP contribution in [0.25, 0.3) is 0 Å². The van der Waals surface area contributed by atoms with Crippen molar-refractivity contribution in [2.45, 2.75) is 13.3 Å². The van der Waals surface area contributed by atoms with Gasteiger partial charge in [0.15, 0.2) is 0 Å². The zero-order chi connectivity index (χ0) is 15.9. The van der Waals surface area contributed by atoms with Crippen LogP contribution in [0.5, 0.6) is 5.75 Å². The highest BCUT2D eigenvalue weighted by Crippen LogP contribution is 2.36. The van der Waals surface area contributed by atoms with Crippen LogP contribution in [0.2, 0.25) is 0 Å². The molecule has 1 nitrogen and oxygen atoms in total. The fourth-order valence-corrected chi connectivity index (χ4v) is 2.70. The van der Waals surface area contributed by atoms with Crippen LogP contribution in [-0.4, -0.2) is 6.61 Å². The largest absolute Gasteiger partial charge is 0.493 e. The summed E-state index contributed by atoms with van der Waals surface area (Å²) in [4.78, 5) is 0. The van der Waals surface area contributed by atoms with Gasteiger partial charge in [0.1, 0.15) is 5.75 Å². The van der Waals surface area contributed by atoms with E-state index in [1.807, 2.05) is 18.2 Å². The fraction of sp³-hybridized carbons (Fsp3) is 0.136. The van der Waals surface area contributed by atoms with Gasteiger partial charge in [0.25, 0.3) is 0 Å². The number of hydrogen-bond donors (Lipinski definition) is 0. The summed E-state index contributed by atoms with van der Waals surface area (Å²) in [5, 5.41) is 0. The van der Waals surface area contributed by atoms with E-state index < -0.39 is 0 Å². The van der Waals surface area contributed by atoms with Crippen molar-refractivity contribution in [1.82, 2.24) is 0 Å². The molecule has 0 fully saturated rings. The van der Waals surface area contributed by atoms with Crippen molar-refractivity contribution >= 4 is 0 Å². The van der Waals surface area contributed by atoms with E-state index in [2.05, 4.69) is 73.7 Å². The Morgan fingerprint density at radius 3 is 1.78 bits per heavy atom. The van der Waals surface area contributed by atoms with Gasteiger partial charge in [-0.05, 0) is 23.6 Å². The van der Waals surface area contributed by atoms with Crippen LogP contribution >= 0.6 is 0 Å². The minimum atomic E-state index is 0.730. The van der Waals surface area contributed by atoms with Crippen molar-refractivity contribution in [3.05, 3.63) is 108 Å². The average molecular weight is 301 g/mol. The van der Waals surface area contributed by atoms with Crippen LogP contribution in [0.15, 0.2) is 84.9 Å². The Labute approximate surface area is 138 Å². The van der Waals surface area contributed by atoms with Gasteiger partial charge in [-0.2, -0.15) is 0 Å². The minimum Gasteiger partial charge on any atom is -0.493 e. The molecule has 0 aromatic heterocycles. The summed E-state index contributed by atoms with van der Waals surface area (Å²) in [6, 6.07) is 29.3. The van der Waals surface area contributed by atoms with Crippen LogP contribution < -0.4 is 4.74 Å². The molecule has 1 radical (unpaired) electrons. The molecular formula is C22H21O. The first-order chi connectivity index (χ1) is 11.4. The smallest absolute Gasteiger partial charge is 0.123 e. The lowest BCUT2D eigenvalue weighted by Gasteiger charge is -2.21. The van der Waals surface area contributed by atoms with Gasteiger partial charge in [-0.15, -0.1) is 0 Å². The average Bonchev–Trinajstić information content (AvgIpc) is 2.63. The lowest BCUT2D eigenvalue weighted by atomic mass is 9.85. The van der Waals surface area contributed by atoms with E-state index in [1.54, 1.807) is 0 Å². The molecule has 0 N–H and O–H groups in total. The van der Waals surface area contributed by atoms with Gasteiger partial charge < -0.3 is 4.74 Å². The molecular weight excluding hydrogens is 280 g/mol. The first-order valence-corrected chi connectivity index (χ1v) is 8.10. The molecule has 0 saturated carbocycles. The SMILES string of the molecule is CCCOc1ccccc1[C](c1ccccc1)c1ccccc1. The normalized spacial score (nSPS) is 10.7. The van der Waals surface area contributed by atoms with E-state index in [9.17, 15) is 0 Å². The number of ether oxygens (including phenoxy) is 1. The molecule has 0 atom stereocenters. The minimum absolute atomic E-state index is 0.730. The van der Waals surface area contributed by atoms with Gasteiger partial charge >= 0.3 is 0 Å². The van der Waals surface area contributed by atoms with E-state index in [-0.39, 0.29) is 0 Å². The summed E-state index contributed by atoms with van der Waals surface area (Å²) in [5.41, 5.74) is 3.54. The highest BCUT2D eigenvalue weighted by atomic mass is 16.5. The van der Waals surface area contributed by atoms with E-state index in [4.69, 9.17) is 4.74 Å². The Morgan fingerprint density at radius 2 is 1.22 bits per heavy atom. The summed E-state index contributed by atoms with van der Waals surface area (Å²) in [6.07, 6.45) is 1.00. The Bertz CT molecular complexity index is 680. The third kappa shape index (κ3) is 3.62. The van der Waals surface area contributed by atoms with Gasteiger partial charge in [0.05, 0.1) is 12.5 Å². The monoisotopic (exact) mass is 301 g/mol. The van der Waals surface area contributed by atoms with E-state index >= 15 is 0 Å². The molecule has 0 aliphatic rings. The molecule has 3 rings (SSSR count). The molecule has 1 heteroatoms. The summed E-state index contributed by atoms with van der Waals surface area (Å²) in [6.45, 7) is 2.86. The summed E-state index contributed by atoms with van der Waals surface area (Å²) < 4.78 is 5.99. The van der Waals surface area contributed by atoms with E-state index in [1.165, 1.54) is 17.0 Å². The van der Waals surface area contributed by atoms with Crippen molar-refractivity contribution < 1.29 is 4.74 Å². The topological polar surface area (TPSA) is 9.23 Å². The maximum absolute atomic E-state index is 5.99. The number of benzene rings is 3. The molecule has 0 aliphatic carbocycles. The van der Waals surface area contributed by atoms with Gasteiger partial charge in [-0.1, -0.05) is 85.8 Å². The Morgan fingerprint density at radius 1 is 0.696 bits per heavy atom. The van der Waals surface area contributed by atoms with Gasteiger partial charge in [0, 0.05) is 5.56 Å². The first-order valence-electron chi connectivity index (χ1n) is 8.10. The Balaban J connectivity index is 2.10. The lowest BCUT2D eigenvalue weighted by Crippen LogP contribution is -2.07. The van der Waals surface area contributed by atoms with Gasteiger partial charge in [-0.25, -0.2) is 0 Å². The summed E-state index contributed by atoms with van der Waals surface area (Å²) in [7, 11) is 0. The van der Waals surface area contributed by atoms with Crippen molar-refractivity contribution in [3.8, 4) is 5.75 Å². The summed E-state index contributed by atoms with van der Waals surface area (Å²) >= 11 is 0. The van der Waals surface area contributed by atoms with Crippen LogP contribution in [0, 0.1) is 5.92 Å².